The van der Waals surface area contributed by atoms with Crippen LogP contribution in [0.15, 0.2) is 0 Å². The molecule has 2 heterocycles. The van der Waals surface area contributed by atoms with Crippen LogP contribution in [0, 0.1) is 50.7 Å². The zero-order valence-electron chi connectivity index (χ0n) is 28.4. The largest absolute Gasteiger partial charge is 0.390 e. The van der Waals surface area contributed by atoms with Gasteiger partial charge in [0.15, 0.2) is 6.29 Å². The van der Waals surface area contributed by atoms with Gasteiger partial charge in [0.25, 0.3) is 0 Å². The number of hydrogen-bond acceptors (Lipinski definition) is 7. The van der Waals surface area contributed by atoms with Gasteiger partial charge in [-0.25, -0.2) is 0 Å². The molecule has 250 valence electrons. The monoisotopic (exact) mass is 616 g/mol. The molecule has 5 aliphatic carbocycles. The molecule has 0 aromatic rings. The molecule has 2 spiro atoms. The van der Waals surface area contributed by atoms with Crippen LogP contribution >= 0.6 is 0 Å². The lowest BCUT2D eigenvalue weighted by Crippen LogP contribution is -2.60. The fourth-order valence-corrected chi connectivity index (χ4v) is 13.6. The Morgan fingerprint density at radius 2 is 1.77 bits per heavy atom. The standard InChI is InChI=1S/C36H60N2O6/c1-21-16-22(17-31(2,3)41)43-29-28(21)33(6)12-13-36-20-35(36)11-10-25(44-27-19-38(14-15-42-27)18-26(37)39)32(4,5)23(35)8-9-24(36)34(33,7)30(29)40/h21-25,27-30,40-41H,8-20H2,1-7H3,(H2,37,39)/t21-,22-,23+,24+,25+,27+,28?,29+,30+,33-,34-,35-,36+/m1/s1. The van der Waals surface area contributed by atoms with Crippen molar-refractivity contribution < 1.29 is 29.2 Å². The van der Waals surface area contributed by atoms with Crippen LogP contribution in [-0.2, 0) is 19.0 Å². The summed E-state index contributed by atoms with van der Waals surface area (Å²) >= 11 is 0. The number of nitrogens with two attached hydrogens (primary N) is 1. The Labute approximate surface area is 265 Å². The quantitative estimate of drug-likeness (QED) is 0.403. The highest BCUT2D eigenvalue weighted by molar-refractivity contribution is 5.75. The summed E-state index contributed by atoms with van der Waals surface area (Å²) < 4.78 is 19.6. The molecule has 7 fully saturated rings. The number of amides is 1. The van der Waals surface area contributed by atoms with E-state index in [0.29, 0.717) is 60.6 Å². The van der Waals surface area contributed by atoms with Crippen LogP contribution in [0.1, 0.15) is 106 Å². The van der Waals surface area contributed by atoms with Crippen LogP contribution in [0.5, 0.6) is 0 Å². The van der Waals surface area contributed by atoms with Crippen molar-refractivity contribution in [3.05, 3.63) is 0 Å². The van der Waals surface area contributed by atoms with E-state index in [1.54, 1.807) is 0 Å². The minimum Gasteiger partial charge on any atom is -0.390 e. The second-order valence-electron chi connectivity index (χ2n) is 18.3. The number of aliphatic hydroxyl groups is 2. The fraction of sp³-hybridized carbons (Fsp3) is 0.972. The molecule has 13 atom stereocenters. The number of hydrogen-bond donors (Lipinski definition) is 3. The Morgan fingerprint density at radius 1 is 1.07 bits per heavy atom. The van der Waals surface area contributed by atoms with Gasteiger partial charge in [0.2, 0.25) is 5.91 Å². The Hall–Kier alpha value is -0.770. The topological polar surface area (TPSA) is 114 Å². The third kappa shape index (κ3) is 4.32. The van der Waals surface area contributed by atoms with E-state index < -0.39 is 11.7 Å². The average Bonchev–Trinajstić information content (AvgIpc) is 3.54. The molecule has 0 aromatic carbocycles. The van der Waals surface area contributed by atoms with Crippen molar-refractivity contribution >= 4 is 5.91 Å². The van der Waals surface area contributed by atoms with Crippen LogP contribution in [0.2, 0.25) is 0 Å². The van der Waals surface area contributed by atoms with E-state index in [9.17, 15) is 15.0 Å². The molecule has 44 heavy (non-hydrogen) atoms. The van der Waals surface area contributed by atoms with E-state index in [1.807, 2.05) is 13.8 Å². The van der Waals surface area contributed by atoms with Crippen LogP contribution in [0.4, 0.5) is 0 Å². The molecular weight excluding hydrogens is 556 g/mol. The SMILES string of the molecule is C[C@@H]1C[C@H](CC(C)(C)O)O[C@H]2C1[C@@]1(C)CC[C@@]34C[C@@]35CC[C@H](O[C@H]3CN(CC(N)=O)CCO3)C(C)(C)[C@@H]5CC[C@H]4[C@]1(C)[C@H]2O. The number of carbonyl (C=O) groups is 1. The highest BCUT2D eigenvalue weighted by Gasteiger charge is 2.84. The third-order valence-corrected chi connectivity index (χ3v) is 15.4. The Balaban J connectivity index is 1.11. The van der Waals surface area contributed by atoms with Gasteiger partial charge in [-0.15, -0.1) is 0 Å². The average molecular weight is 617 g/mol. The molecule has 0 aromatic heterocycles. The van der Waals surface area contributed by atoms with E-state index in [0.717, 1.165) is 12.8 Å². The highest BCUT2D eigenvalue weighted by atomic mass is 16.7. The Kier molecular flexibility index (Phi) is 7.32. The molecule has 8 nitrogen and oxygen atoms in total. The van der Waals surface area contributed by atoms with Gasteiger partial charge in [-0.1, -0.05) is 34.6 Å². The van der Waals surface area contributed by atoms with E-state index >= 15 is 0 Å². The van der Waals surface area contributed by atoms with Crippen molar-refractivity contribution in [3.63, 3.8) is 0 Å². The fourth-order valence-electron chi connectivity index (χ4n) is 13.6. The van der Waals surface area contributed by atoms with E-state index in [1.165, 1.54) is 38.5 Å². The van der Waals surface area contributed by atoms with Crippen molar-refractivity contribution in [1.29, 1.82) is 0 Å². The van der Waals surface area contributed by atoms with Gasteiger partial charge >= 0.3 is 0 Å². The number of aliphatic hydroxyl groups excluding tert-OH is 1. The van der Waals surface area contributed by atoms with Gasteiger partial charge in [0.05, 0.1) is 49.7 Å². The summed E-state index contributed by atoms with van der Waals surface area (Å²) in [6, 6.07) is 0. The summed E-state index contributed by atoms with van der Waals surface area (Å²) in [7, 11) is 0. The molecular formula is C36H60N2O6. The van der Waals surface area contributed by atoms with Crippen molar-refractivity contribution in [3.8, 4) is 0 Å². The maximum Gasteiger partial charge on any atom is 0.231 e. The molecule has 2 saturated heterocycles. The first-order valence-corrected chi connectivity index (χ1v) is 17.8. The lowest BCUT2D eigenvalue weighted by Gasteiger charge is -2.64. The van der Waals surface area contributed by atoms with Gasteiger partial charge in [-0.05, 0) is 111 Å². The summed E-state index contributed by atoms with van der Waals surface area (Å²) in [5, 5.41) is 23.0. The van der Waals surface area contributed by atoms with Gasteiger partial charge in [-0.2, -0.15) is 0 Å². The van der Waals surface area contributed by atoms with Gasteiger partial charge in [0, 0.05) is 18.4 Å². The zero-order chi connectivity index (χ0) is 31.7. The lowest BCUT2D eigenvalue weighted by atomic mass is 9.41. The molecule has 1 unspecified atom stereocenters. The molecule has 1 amide bonds. The second-order valence-corrected chi connectivity index (χ2v) is 18.3. The van der Waals surface area contributed by atoms with Crippen LogP contribution in [0.3, 0.4) is 0 Å². The molecule has 2 aliphatic heterocycles. The number of fused-ring (bicyclic) bond motifs is 4. The van der Waals surface area contributed by atoms with Crippen molar-refractivity contribution in [1.82, 2.24) is 4.90 Å². The zero-order valence-corrected chi connectivity index (χ0v) is 28.4. The summed E-state index contributed by atoms with van der Waals surface area (Å²) in [5.41, 5.74) is 5.23. The smallest absolute Gasteiger partial charge is 0.231 e. The third-order valence-electron chi connectivity index (χ3n) is 15.4. The van der Waals surface area contributed by atoms with Crippen LogP contribution in [-0.4, -0.2) is 83.6 Å². The van der Waals surface area contributed by atoms with Crippen molar-refractivity contribution in [2.24, 2.45) is 56.5 Å². The summed E-state index contributed by atoms with van der Waals surface area (Å²) in [6.07, 6.45) is 9.08. The van der Waals surface area contributed by atoms with Crippen LogP contribution < -0.4 is 5.73 Å². The minimum absolute atomic E-state index is 0.00249. The first-order chi connectivity index (χ1) is 20.5. The maximum atomic E-state index is 12.4. The number of morpholine rings is 1. The van der Waals surface area contributed by atoms with Gasteiger partial charge in [-0.3, -0.25) is 9.69 Å². The van der Waals surface area contributed by atoms with Crippen molar-refractivity contribution in [2.75, 3.05) is 26.2 Å². The summed E-state index contributed by atoms with van der Waals surface area (Å²) in [6.45, 7) is 18.1. The summed E-state index contributed by atoms with van der Waals surface area (Å²) in [5.74, 6) is 1.62. The van der Waals surface area contributed by atoms with E-state index in [4.69, 9.17) is 19.9 Å². The Morgan fingerprint density at radius 3 is 2.48 bits per heavy atom. The predicted molar refractivity (Wildman–Crippen MR) is 167 cm³/mol. The number of carbonyl (C=O) groups excluding carboxylic acids is 1. The molecule has 5 saturated carbocycles. The molecule has 8 heteroatoms. The normalized spacial score (nSPS) is 53.1. The first-order valence-electron chi connectivity index (χ1n) is 17.8. The molecule has 7 rings (SSSR count). The van der Waals surface area contributed by atoms with Crippen molar-refractivity contribution in [2.45, 2.75) is 143 Å². The van der Waals surface area contributed by atoms with Gasteiger partial charge in [0.1, 0.15) is 0 Å². The number of primary amides is 1. The number of rotatable bonds is 6. The minimum atomic E-state index is -0.772. The summed E-state index contributed by atoms with van der Waals surface area (Å²) in [4.78, 5) is 13.6. The van der Waals surface area contributed by atoms with E-state index in [-0.39, 0.29) is 53.3 Å². The van der Waals surface area contributed by atoms with Gasteiger partial charge < -0.3 is 30.2 Å². The Bertz CT molecular complexity index is 1160. The maximum absolute atomic E-state index is 12.4. The highest BCUT2D eigenvalue weighted by Crippen LogP contribution is 2.89. The van der Waals surface area contributed by atoms with Crippen LogP contribution in [0.25, 0.3) is 0 Å². The molecule has 7 aliphatic rings. The molecule has 0 bridgehead atoms. The van der Waals surface area contributed by atoms with E-state index in [2.05, 4.69) is 39.5 Å². The predicted octanol–water partition coefficient (Wildman–Crippen LogP) is 4.49. The molecule has 4 N–H and O–H groups in total. The molecule has 0 radical (unpaired) electrons. The lowest BCUT2D eigenvalue weighted by molar-refractivity contribution is -0.248. The first kappa shape index (κ1) is 31.8. The second kappa shape index (κ2) is 10.1. The number of nitrogens with zero attached hydrogens (tertiary/aromatic N) is 1. The number of ether oxygens (including phenoxy) is 3.